The highest BCUT2D eigenvalue weighted by Crippen LogP contribution is 2.32. The van der Waals surface area contributed by atoms with Crippen LogP contribution in [0.3, 0.4) is 0 Å². The highest BCUT2D eigenvalue weighted by Gasteiger charge is 2.17. The van der Waals surface area contributed by atoms with E-state index in [-0.39, 0.29) is 5.56 Å². The molecule has 0 spiro atoms. The van der Waals surface area contributed by atoms with E-state index in [9.17, 15) is 4.79 Å². The molecular formula is C10H8N2O2S. The number of carbonyl (C=O) groups is 1. The number of nitrogens with two attached hydrogens (primary N) is 1. The molecule has 0 aliphatic rings. The van der Waals surface area contributed by atoms with Gasteiger partial charge >= 0.3 is 5.97 Å². The molecule has 5 heteroatoms. The molecular weight excluding hydrogens is 212 g/mol. The molecule has 2 heterocycles. The van der Waals surface area contributed by atoms with Crippen LogP contribution in [0.25, 0.3) is 11.1 Å². The molecule has 0 saturated heterocycles. The summed E-state index contributed by atoms with van der Waals surface area (Å²) in [4.78, 5) is 14.9. The molecule has 2 aromatic rings. The summed E-state index contributed by atoms with van der Waals surface area (Å²) in [5, 5.41) is 11.1. The molecule has 2 aromatic heterocycles. The van der Waals surface area contributed by atoms with E-state index in [0.717, 1.165) is 5.56 Å². The van der Waals surface area contributed by atoms with Gasteiger partial charge in [-0.1, -0.05) is 0 Å². The first-order valence-electron chi connectivity index (χ1n) is 4.21. The highest BCUT2D eigenvalue weighted by molar-refractivity contribution is 7.14. The van der Waals surface area contributed by atoms with Crippen LogP contribution in [0, 0.1) is 0 Å². The second kappa shape index (κ2) is 3.70. The number of aromatic carboxylic acids is 1. The second-order valence-corrected chi connectivity index (χ2v) is 3.84. The number of carboxylic acids is 1. The Hall–Kier alpha value is -1.88. The van der Waals surface area contributed by atoms with Crippen molar-refractivity contribution in [2.75, 3.05) is 5.73 Å². The molecule has 0 atom stereocenters. The SMILES string of the molecule is Nc1scc(-c2ccncc2)c1C(=O)O. The van der Waals surface area contributed by atoms with Gasteiger partial charge in [-0.3, -0.25) is 4.98 Å². The minimum Gasteiger partial charge on any atom is -0.478 e. The van der Waals surface area contributed by atoms with Crippen molar-refractivity contribution in [2.45, 2.75) is 0 Å². The first kappa shape index (κ1) is 9.67. The summed E-state index contributed by atoms with van der Waals surface area (Å²) in [6, 6.07) is 3.52. The molecule has 0 aromatic carbocycles. The third-order valence-corrected chi connectivity index (χ3v) is 2.84. The average molecular weight is 220 g/mol. The van der Waals surface area contributed by atoms with Crippen LogP contribution >= 0.6 is 11.3 Å². The smallest absolute Gasteiger partial charge is 0.339 e. The molecule has 0 radical (unpaired) electrons. The maximum atomic E-state index is 11.0. The van der Waals surface area contributed by atoms with Gasteiger partial charge in [0, 0.05) is 23.3 Å². The number of rotatable bonds is 2. The van der Waals surface area contributed by atoms with Crippen molar-refractivity contribution < 1.29 is 9.90 Å². The van der Waals surface area contributed by atoms with E-state index in [4.69, 9.17) is 10.8 Å². The number of nitrogen functional groups attached to an aromatic ring is 1. The van der Waals surface area contributed by atoms with Gasteiger partial charge in [-0.15, -0.1) is 11.3 Å². The molecule has 0 unspecified atom stereocenters. The third kappa shape index (κ3) is 1.69. The number of carboxylic acid groups (broad SMARTS) is 1. The lowest BCUT2D eigenvalue weighted by atomic mass is 10.1. The van der Waals surface area contributed by atoms with Gasteiger partial charge in [0.05, 0.1) is 0 Å². The Labute approximate surface area is 90.0 Å². The predicted molar refractivity (Wildman–Crippen MR) is 58.9 cm³/mol. The Morgan fingerprint density at radius 2 is 2.07 bits per heavy atom. The summed E-state index contributed by atoms with van der Waals surface area (Å²) in [6.45, 7) is 0. The van der Waals surface area contributed by atoms with E-state index in [0.29, 0.717) is 10.6 Å². The Bertz CT molecular complexity index is 493. The maximum absolute atomic E-state index is 11.0. The van der Waals surface area contributed by atoms with E-state index >= 15 is 0 Å². The Morgan fingerprint density at radius 1 is 1.40 bits per heavy atom. The van der Waals surface area contributed by atoms with Crippen LogP contribution in [-0.2, 0) is 0 Å². The zero-order valence-corrected chi connectivity index (χ0v) is 8.49. The van der Waals surface area contributed by atoms with Gasteiger partial charge in [-0.05, 0) is 17.7 Å². The van der Waals surface area contributed by atoms with E-state index < -0.39 is 5.97 Å². The number of anilines is 1. The Kier molecular flexibility index (Phi) is 2.39. The zero-order chi connectivity index (χ0) is 10.8. The van der Waals surface area contributed by atoms with E-state index in [1.807, 2.05) is 0 Å². The molecule has 3 N–H and O–H groups in total. The molecule has 0 aliphatic carbocycles. The monoisotopic (exact) mass is 220 g/mol. The van der Waals surface area contributed by atoms with Crippen molar-refractivity contribution in [1.82, 2.24) is 4.98 Å². The van der Waals surface area contributed by atoms with E-state index in [1.54, 1.807) is 29.9 Å². The summed E-state index contributed by atoms with van der Waals surface area (Å²) in [5.74, 6) is -0.999. The molecule has 2 rings (SSSR count). The largest absolute Gasteiger partial charge is 0.478 e. The fraction of sp³-hybridized carbons (Fsp3) is 0. The highest BCUT2D eigenvalue weighted by atomic mass is 32.1. The molecule has 0 aliphatic heterocycles. The summed E-state index contributed by atoms with van der Waals surface area (Å²) in [5.41, 5.74) is 7.23. The van der Waals surface area contributed by atoms with Crippen LogP contribution in [-0.4, -0.2) is 16.1 Å². The molecule has 4 nitrogen and oxygen atoms in total. The zero-order valence-electron chi connectivity index (χ0n) is 7.68. The molecule has 15 heavy (non-hydrogen) atoms. The van der Waals surface area contributed by atoms with Gasteiger partial charge < -0.3 is 10.8 Å². The average Bonchev–Trinajstić information content (AvgIpc) is 2.61. The number of aromatic nitrogens is 1. The van der Waals surface area contributed by atoms with Gasteiger partial charge in [-0.25, -0.2) is 4.79 Å². The van der Waals surface area contributed by atoms with Crippen molar-refractivity contribution in [3.05, 3.63) is 35.5 Å². The van der Waals surface area contributed by atoms with Gasteiger partial charge in [0.15, 0.2) is 0 Å². The number of pyridine rings is 1. The topological polar surface area (TPSA) is 76.2 Å². The Morgan fingerprint density at radius 3 is 2.67 bits per heavy atom. The van der Waals surface area contributed by atoms with Crippen molar-refractivity contribution in [3.63, 3.8) is 0 Å². The lowest BCUT2D eigenvalue weighted by molar-refractivity contribution is 0.0699. The second-order valence-electron chi connectivity index (χ2n) is 2.93. The quantitative estimate of drug-likeness (QED) is 0.812. The molecule has 0 amide bonds. The van der Waals surface area contributed by atoms with Crippen LogP contribution in [0.5, 0.6) is 0 Å². The number of thiophene rings is 1. The van der Waals surface area contributed by atoms with Crippen molar-refractivity contribution in [2.24, 2.45) is 0 Å². The summed E-state index contributed by atoms with van der Waals surface area (Å²) in [7, 11) is 0. The normalized spacial score (nSPS) is 10.1. The summed E-state index contributed by atoms with van der Waals surface area (Å²) < 4.78 is 0. The minimum absolute atomic E-state index is 0.172. The number of hydrogen-bond donors (Lipinski definition) is 2. The van der Waals surface area contributed by atoms with Crippen LogP contribution in [0.1, 0.15) is 10.4 Å². The summed E-state index contributed by atoms with van der Waals surface area (Å²) in [6.07, 6.45) is 3.24. The van der Waals surface area contributed by atoms with E-state index in [1.165, 1.54) is 11.3 Å². The Balaban J connectivity index is 2.59. The van der Waals surface area contributed by atoms with Crippen LogP contribution < -0.4 is 5.73 Å². The number of hydrogen-bond acceptors (Lipinski definition) is 4. The van der Waals surface area contributed by atoms with Gasteiger partial charge in [-0.2, -0.15) is 0 Å². The van der Waals surface area contributed by atoms with Crippen molar-refractivity contribution in [1.29, 1.82) is 0 Å². The van der Waals surface area contributed by atoms with Crippen molar-refractivity contribution in [3.8, 4) is 11.1 Å². The van der Waals surface area contributed by atoms with Gasteiger partial charge in [0.25, 0.3) is 0 Å². The van der Waals surface area contributed by atoms with E-state index in [2.05, 4.69) is 4.98 Å². The van der Waals surface area contributed by atoms with Crippen molar-refractivity contribution >= 4 is 22.3 Å². The van der Waals surface area contributed by atoms with Crippen LogP contribution in [0.4, 0.5) is 5.00 Å². The summed E-state index contributed by atoms with van der Waals surface area (Å²) >= 11 is 1.23. The minimum atomic E-state index is -0.999. The lowest BCUT2D eigenvalue weighted by Crippen LogP contribution is -2.00. The fourth-order valence-corrected chi connectivity index (χ4v) is 2.15. The first-order valence-corrected chi connectivity index (χ1v) is 5.08. The number of nitrogens with zero attached hydrogens (tertiary/aromatic N) is 1. The standard InChI is InChI=1S/C10H8N2O2S/c11-9-8(10(13)14)7(5-15-9)6-1-3-12-4-2-6/h1-5H,11H2,(H,13,14). The predicted octanol–water partition coefficient (Wildman–Crippen LogP) is 2.09. The van der Waals surface area contributed by atoms with Gasteiger partial charge in [0.2, 0.25) is 0 Å². The third-order valence-electron chi connectivity index (χ3n) is 2.02. The molecule has 0 fully saturated rings. The fourth-order valence-electron chi connectivity index (χ4n) is 1.34. The van der Waals surface area contributed by atoms with Crippen LogP contribution in [0.2, 0.25) is 0 Å². The molecule has 0 bridgehead atoms. The molecule has 76 valence electrons. The van der Waals surface area contributed by atoms with Gasteiger partial charge in [0.1, 0.15) is 10.6 Å². The first-order chi connectivity index (χ1) is 7.20. The van der Waals surface area contributed by atoms with Crippen LogP contribution in [0.15, 0.2) is 29.9 Å². The maximum Gasteiger partial charge on any atom is 0.339 e. The lowest BCUT2D eigenvalue weighted by Gasteiger charge is -2.00. The molecule has 0 saturated carbocycles.